The highest BCUT2D eigenvalue weighted by Gasteiger charge is 2.36. The highest BCUT2D eigenvalue weighted by Crippen LogP contribution is 2.29. The van der Waals surface area contributed by atoms with Crippen molar-refractivity contribution in [1.82, 2.24) is 10.4 Å². The standard InChI is InChI=1S/C20H17Cl2N3O5/c21-14-7-4-8-15(18(14)22)23-16(26)11-30-20(29)13-9-17(27)25(10-13)24-19(28)12-5-2-1-3-6-12/h1-8,13H,9-11H2,(H,23,26)(H,24,28)/t13-/m0/s1. The van der Waals surface area contributed by atoms with Crippen LogP contribution in [0, 0.1) is 5.92 Å². The summed E-state index contributed by atoms with van der Waals surface area (Å²) < 4.78 is 5.00. The fourth-order valence-electron chi connectivity index (χ4n) is 2.79. The number of rotatable bonds is 6. The van der Waals surface area contributed by atoms with Crippen molar-refractivity contribution in [2.75, 3.05) is 18.5 Å². The van der Waals surface area contributed by atoms with Gasteiger partial charge in [0, 0.05) is 12.0 Å². The lowest BCUT2D eigenvalue weighted by Crippen LogP contribution is -2.43. The number of esters is 1. The van der Waals surface area contributed by atoms with Gasteiger partial charge in [-0.2, -0.15) is 0 Å². The number of hydrazine groups is 1. The molecule has 2 aromatic carbocycles. The van der Waals surface area contributed by atoms with Crippen molar-refractivity contribution in [1.29, 1.82) is 0 Å². The molecule has 1 atom stereocenters. The number of hydrogen-bond donors (Lipinski definition) is 2. The van der Waals surface area contributed by atoms with E-state index in [9.17, 15) is 19.2 Å². The summed E-state index contributed by atoms with van der Waals surface area (Å²) in [6, 6.07) is 13.1. The molecule has 1 aliphatic rings. The molecule has 0 aromatic heterocycles. The van der Waals surface area contributed by atoms with Gasteiger partial charge >= 0.3 is 5.97 Å². The number of anilines is 1. The molecule has 156 valence electrons. The molecule has 0 aliphatic carbocycles. The van der Waals surface area contributed by atoms with Crippen molar-refractivity contribution in [3.05, 3.63) is 64.1 Å². The molecular formula is C20H17Cl2N3O5. The smallest absolute Gasteiger partial charge is 0.311 e. The zero-order valence-electron chi connectivity index (χ0n) is 15.6. The van der Waals surface area contributed by atoms with Crippen LogP contribution in [0.25, 0.3) is 0 Å². The van der Waals surface area contributed by atoms with Gasteiger partial charge in [0.1, 0.15) is 0 Å². The molecule has 0 saturated carbocycles. The van der Waals surface area contributed by atoms with Crippen LogP contribution in [0.2, 0.25) is 10.0 Å². The lowest BCUT2D eigenvalue weighted by atomic mass is 10.1. The first-order valence-corrected chi connectivity index (χ1v) is 9.67. The number of halogens is 2. The molecule has 1 fully saturated rings. The second-order valence-corrected chi connectivity index (χ2v) is 7.25. The third kappa shape index (κ3) is 5.28. The second kappa shape index (κ2) is 9.60. The Morgan fingerprint density at radius 2 is 1.80 bits per heavy atom. The first kappa shape index (κ1) is 21.6. The highest BCUT2D eigenvalue weighted by molar-refractivity contribution is 6.44. The van der Waals surface area contributed by atoms with E-state index in [-0.39, 0.29) is 28.7 Å². The predicted molar refractivity (Wildman–Crippen MR) is 110 cm³/mol. The van der Waals surface area contributed by atoms with Crippen LogP contribution < -0.4 is 10.7 Å². The summed E-state index contributed by atoms with van der Waals surface area (Å²) >= 11 is 11.9. The van der Waals surface area contributed by atoms with Crippen molar-refractivity contribution >= 4 is 52.6 Å². The molecule has 2 aromatic rings. The van der Waals surface area contributed by atoms with E-state index in [4.69, 9.17) is 27.9 Å². The van der Waals surface area contributed by atoms with Crippen molar-refractivity contribution in [2.24, 2.45) is 5.92 Å². The van der Waals surface area contributed by atoms with E-state index in [1.165, 1.54) is 0 Å². The largest absolute Gasteiger partial charge is 0.455 e. The summed E-state index contributed by atoms with van der Waals surface area (Å²) in [6.45, 7) is -0.597. The number of benzene rings is 2. The summed E-state index contributed by atoms with van der Waals surface area (Å²) in [4.78, 5) is 48.5. The van der Waals surface area contributed by atoms with Gasteiger partial charge in [0.05, 0.1) is 28.2 Å². The van der Waals surface area contributed by atoms with Crippen LogP contribution in [0.5, 0.6) is 0 Å². The Morgan fingerprint density at radius 3 is 2.53 bits per heavy atom. The Labute approximate surface area is 182 Å². The minimum atomic E-state index is -0.795. The monoisotopic (exact) mass is 449 g/mol. The third-order valence-electron chi connectivity index (χ3n) is 4.30. The summed E-state index contributed by atoms with van der Waals surface area (Å²) in [7, 11) is 0. The molecule has 10 heteroatoms. The number of hydrogen-bond acceptors (Lipinski definition) is 5. The molecule has 8 nitrogen and oxygen atoms in total. The van der Waals surface area contributed by atoms with Crippen molar-refractivity contribution in [2.45, 2.75) is 6.42 Å². The van der Waals surface area contributed by atoms with Crippen LogP contribution in [0.1, 0.15) is 16.8 Å². The molecular weight excluding hydrogens is 433 g/mol. The summed E-state index contributed by atoms with van der Waals surface area (Å²) in [5, 5.41) is 4.01. The molecule has 2 N–H and O–H groups in total. The number of nitrogens with zero attached hydrogens (tertiary/aromatic N) is 1. The molecule has 0 radical (unpaired) electrons. The van der Waals surface area contributed by atoms with E-state index < -0.39 is 36.2 Å². The molecule has 1 heterocycles. The SMILES string of the molecule is O=C(COC(=O)[C@H]1CC(=O)N(NC(=O)c2ccccc2)C1)Nc1cccc(Cl)c1Cl. The van der Waals surface area contributed by atoms with Gasteiger partial charge < -0.3 is 10.1 Å². The second-order valence-electron chi connectivity index (χ2n) is 6.47. The Bertz CT molecular complexity index is 984. The quantitative estimate of drug-likeness (QED) is 0.659. The first-order chi connectivity index (χ1) is 14.3. The Hall–Kier alpha value is -3.10. The number of ether oxygens (including phenoxy) is 1. The van der Waals surface area contributed by atoms with E-state index in [1.54, 1.807) is 48.5 Å². The number of nitrogens with one attached hydrogen (secondary N) is 2. The fraction of sp³-hybridized carbons (Fsp3) is 0.200. The van der Waals surface area contributed by atoms with E-state index in [2.05, 4.69) is 10.7 Å². The maximum Gasteiger partial charge on any atom is 0.311 e. The Morgan fingerprint density at radius 1 is 1.07 bits per heavy atom. The minimum Gasteiger partial charge on any atom is -0.455 e. The predicted octanol–water partition coefficient (Wildman–Crippen LogP) is 2.67. The average Bonchev–Trinajstić information content (AvgIpc) is 3.10. The normalized spacial score (nSPS) is 15.6. The van der Waals surface area contributed by atoms with Gasteiger partial charge in [-0.25, -0.2) is 0 Å². The zero-order valence-corrected chi connectivity index (χ0v) is 17.1. The van der Waals surface area contributed by atoms with Gasteiger partial charge in [0.15, 0.2) is 6.61 Å². The van der Waals surface area contributed by atoms with Crippen molar-refractivity contribution < 1.29 is 23.9 Å². The topological polar surface area (TPSA) is 105 Å². The van der Waals surface area contributed by atoms with Crippen molar-refractivity contribution in [3.63, 3.8) is 0 Å². The van der Waals surface area contributed by atoms with Gasteiger partial charge in [0.25, 0.3) is 11.8 Å². The first-order valence-electron chi connectivity index (χ1n) is 8.92. The summed E-state index contributed by atoms with van der Waals surface area (Å²) in [5.74, 6) is -3.00. The van der Waals surface area contributed by atoms with Crippen LogP contribution in [0.15, 0.2) is 48.5 Å². The zero-order chi connectivity index (χ0) is 21.7. The molecule has 1 aliphatic heterocycles. The number of carbonyl (C=O) groups excluding carboxylic acids is 4. The van der Waals surface area contributed by atoms with Crippen LogP contribution >= 0.6 is 23.2 Å². The van der Waals surface area contributed by atoms with Gasteiger partial charge in [-0.1, -0.05) is 47.5 Å². The van der Waals surface area contributed by atoms with Crippen LogP contribution in [-0.4, -0.2) is 41.9 Å². The molecule has 30 heavy (non-hydrogen) atoms. The number of carbonyl (C=O) groups is 4. The minimum absolute atomic E-state index is 0.0437. The van der Waals surface area contributed by atoms with E-state index in [0.717, 1.165) is 5.01 Å². The lowest BCUT2D eigenvalue weighted by Gasteiger charge is -2.17. The van der Waals surface area contributed by atoms with E-state index >= 15 is 0 Å². The Balaban J connectivity index is 1.49. The molecule has 0 spiro atoms. The van der Waals surface area contributed by atoms with Gasteiger partial charge in [-0.15, -0.1) is 0 Å². The average molecular weight is 450 g/mol. The van der Waals surface area contributed by atoms with E-state index in [0.29, 0.717) is 5.56 Å². The third-order valence-corrected chi connectivity index (χ3v) is 5.12. The van der Waals surface area contributed by atoms with Crippen LogP contribution in [0.3, 0.4) is 0 Å². The molecule has 0 bridgehead atoms. The number of amides is 3. The Kier molecular flexibility index (Phi) is 6.91. The molecule has 3 amide bonds. The molecule has 1 saturated heterocycles. The van der Waals surface area contributed by atoms with E-state index in [1.807, 2.05) is 0 Å². The molecule has 3 rings (SSSR count). The van der Waals surface area contributed by atoms with Gasteiger partial charge in [-0.3, -0.25) is 29.6 Å². The molecule has 0 unspecified atom stereocenters. The summed E-state index contributed by atoms with van der Waals surface area (Å²) in [6.07, 6.45) is -0.129. The fourth-order valence-corrected chi connectivity index (χ4v) is 3.14. The maximum absolute atomic E-state index is 12.2. The van der Waals surface area contributed by atoms with Crippen LogP contribution in [-0.2, 0) is 19.1 Å². The van der Waals surface area contributed by atoms with Crippen LogP contribution in [0.4, 0.5) is 5.69 Å². The van der Waals surface area contributed by atoms with Gasteiger partial charge in [-0.05, 0) is 24.3 Å². The summed E-state index contributed by atoms with van der Waals surface area (Å²) in [5.41, 5.74) is 3.14. The highest BCUT2D eigenvalue weighted by atomic mass is 35.5. The maximum atomic E-state index is 12.2. The van der Waals surface area contributed by atoms with Gasteiger partial charge in [0.2, 0.25) is 5.91 Å². The lowest BCUT2D eigenvalue weighted by molar-refractivity contribution is -0.151. The van der Waals surface area contributed by atoms with Crippen molar-refractivity contribution in [3.8, 4) is 0 Å².